The van der Waals surface area contributed by atoms with Gasteiger partial charge in [0.05, 0.1) is 6.54 Å². The Balaban J connectivity index is 1.30. The summed E-state index contributed by atoms with van der Waals surface area (Å²) in [6.45, 7) is 3.95. The molecule has 4 rings (SSSR count). The number of rotatable bonds is 5. The average Bonchev–Trinajstić information content (AvgIpc) is 3.20. The molecular formula is C22H23FN4O2. The Hall–Kier alpha value is -3.06. The quantitative estimate of drug-likeness (QED) is 0.707. The molecule has 0 spiro atoms. The highest BCUT2D eigenvalue weighted by Crippen LogP contribution is 2.23. The zero-order valence-electron chi connectivity index (χ0n) is 16.3. The number of hydrogen-bond donors (Lipinski definition) is 1. The van der Waals surface area contributed by atoms with Gasteiger partial charge < -0.3 is 9.84 Å². The van der Waals surface area contributed by atoms with Crippen molar-refractivity contribution in [2.24, 2.45) is 5.92 Å². The van der Waals surface area contributed by atoms with E-state index >= 15 is 0 Å². The molecule has 29 heavy (non-hydrogen) atoms. The zero-order chi connectivity index (χ0) is 20.2. The average molecular weight is 394 g/mol. The van der Waals surface area contributed by atoms with E-state index in [0.717, 1.165) is 37.1 Å². The van der Waals surface area contributed by atoms with Gasteiger partial charge >= 0.3 is 0 Å². The molecule has 7 heteroatoms. The number of anilines is 1. The summed E-state index contributed by atoms with van der Waals surface area (Å²) in [5.74, 6) is 0.664. The van der Waals surface area contributed by atoms with Gasteiger partial charge in [0, 0.05) is 17.2 Å². The Bertz CT molecular complexity index is 981. The summed E-state index contributed by atoms with van der Waals surface area (Å²) in [4.78, 5) is 19.2. The highest BCUT2D eigenvalue weighted by Gasteiger charge is 2.26. The van der Waals surface area contributed by atoms with E-state index in [1.54, 1.807) is 6.07 Å². The first kappa shape index (κ1) is 19.3. The van der Waals surface area contributed by atoms with Crippen LogP contribution in [0.3, 0.4) is 0 Å². The number of aryl methyl sites for hydroxylation is 1. The summed E-state index contributed by atoms with van der Waals surface area (Å²) in [6, 6.07) is 14.1. The zero-order valence-corrected chi connectivity index (χ0v) is 16.3. The van der Waals surface area contributed by atoms with Crippen molar-refractivity contribution >= 4 is 11.6 Å². The maximum atomic E-state index is 13.4. The molecule has 0 atom stereocenters. The van der Waals surface area contributed by atoms with Gasteiger partial charge in [0.2, 0.25) is 17.6 Å². The maximum absolute atomic E-state index is 13.4. The van der Waals surface area contributed by atoms with Crippen LogP contribution in [-0.2, 0) is 11.3 Å². The van der Waals surface area contributed by atoms with Crippen LogP contribution in [0.1, 0.15) is 24.3 Å². The van der Waals surface area contributed by atoms with Crippen molar-refractivity contribution in [1.82, 2.24) is 15.0 Å². The molecular weight excluding hydrogens is 371 g/mol. The number of carbonyl (C=O) groups excluding carboxylic acids is 1. The molecule has 1 fully saturated rings. The van der Waals surface area contributed by atoms with Gasteiger partial charge in [-0.05, 0) is 50.6 Å². The lowest BCUT2D eigenvalue weighted by Crippen LogP contribution is -2.37. The van der Waals surface area contributed by atoms with E-state index in [1.807, 2.05) is 37.3 Å². The molecule has 1 N–H and O–H groups in total. The number of aromatic nitrogens is 2. The summed E-state index contributed by atoms with van der Waals surface area (Å²) in [6.07, 6.45) is 1.47. The second kappa shape index (κ2) is 8.53. The van der Waals surface area contributed by atoms with Gasteiger partial charge in [0.15, 0.2) is 0 Å². The lowest BCUT2D eigenvalue weighted by Gasteiger charge is -2.30. The Kier molecular flexibility index (Phi) is 5.67. The minimum absolute atomic E-state index is 0.0532. The van der Waals surface area contributed by atoms with Crippen LogP contribution in [0.2, 0.25) is 0 Å². The molecule has 0 unspecified atom stereocenters. The molecule has 1 aliphatic rings. The van der Waals surface area contributed by atoms with Crippen LogP contribution >= 0.6 is 0 Å². The van der Waals surface area contributed by atoms with E-state index in [4.69, 9.17) is 4.52 Å². The highest BCUT2D eigenvalue weighted by molar-refractivity contribution is 5.93. The van der Waals surface area contributed by atoms with Gasteiger partial charge in [-0.1, -0.05) is 41.6 Å². The van der Waals surface area contributed by atoms with Crippen LogP contribution in [-0.4, -0.2) is 34.0 Å². The summed E-state index contributed by atoms with van der Waals surface area (Å²) in [7, 11) is 0. The first-order chi connectivity index (χ1) is 14.1. The monoisotopic (exact) mass is 394 g/mol. The molecule has 6 nitrogen and oxygen atoms in total. The molecule has 1 aliphatic heterocycles. The van der Waals surface area contributed by atoms with Gasteiger partial charge in [-0.25, -0.2) is 4.39 Å². The van der Waals surface area contributed by atoms with Gasteiger partial charge in [-0.2, -0.15) is 4.98 Å². The predicted octanol–water partition coefficient (Wildman–Crippen LogP) is 4.03. The molecule has 0 bridgehead atoms. The third kappa shape index (κ3) is 4.68. The number of piperidine rings is 1. The van der Waals surface area contributed by atoms with Crippen molar-refractivity contribution in [3.63, 3.8) is 0 Å². The highest BCUT2D eigenvalue weighted by atomic mass is 19.1. The van der Waals surface area contributed by atoms with E-state index in [0.29, 0.717) is 23.9 Å². The predicted molar refractivity (Wildman–Crippen MR) is 108 cm³/mol. The van der Waals surface area contributed by atoms with E-state index < -0.39 is 0 Å². The van der Waals surface area contributed by atoms with E-state index in [1.165, 1.54) is 12.1 Å². The van der Waals surface area contributed by atoms with E-state index in [-0.39, 0.29) is 17.6 Å². The standard InChI is InChI=1S/C22H23FN4O2/c1-15-7-8-18(23)13-19(15)24-22(28)17-9-11-27(12-10-17)14-20-25-21(26-29-20)16-5-3-2-4-6-16/h2-8,13,17H,9-12,14H2,1H3,(H,24,28). The fraction of sp³-hybridized carbons (Fsp3) is 0.318. The number of benzene rings is 2. The summed E-state index contributed by atoms with van der Waals surface area (Å²) >= 11 is 0. The lowest BCUT2D eigenvalue weighted by molar-refractivity contribution is -0.121. The van der Waals surface area contributed by atoms with Crippen LogP contribution in [0, 0.1) is 18.7 Å². The molecule has 2 heterocycles. The Morgan fingerprint density at radius 2 is 1.97 bits per heavy atom. The van der Waals surface area contributed by atoms with Gasteiger partial charge in [-0.15, -0.1) is 0 Å². The van der Waals surface area contributed by atoms with E-state index in [9.17, 15) is 9.18 Å². The third-order valence-corrected chi connectivity index (χ3v) is 5.27. The van der Waals surface area contributed by atoms with Crippen molar-refractivity contribution < 1.29 is 13.7 Å². The van der Waals surface area contributed by atoms with E-state index in [2.05, 4.69) is 20.4 Å². The van der Waals surface area contributed by atoms with Crippen molar-refractivity contribution in [3.8, 4) is 11.4 Å². The Labute approximate surface area is 168 Å². The van der Waals surface area contributed by atoms with Crippen LogP contribution in [0.4, 0.5) is 10.1 Å². The topological polar surface area (TPSA) is 71.3 Å². The minimum atomic E-state index is -0.352. The first-order valence-electron chi connectivity index (χ1n) is 9.76. The molecule has 1 aromatic heterocycles. The number of amides is 1. The second-order valence-electron chi connectivity index (χ2n) is 7.38. The Morgan fingerprint density at radius 3 is 2.72 bits per heavy atom. The van der Waals surface area contributed by atoms with Gasteiger partial charge in [-0.3, -0.25) is 9.69 Å². The number of likely N-dealkylation sites (tertiary alicyclic amines) is 1. The smallest absolute Gasteiger partial charge is 0.241 e. The molecule has 150 valence electrons. The van der Waals surface area contributed by atoms with Crippen molar-refractivity contribution in [3.05, 3.63) is 65.8 Å². The van der Waals surface area contributed by atoms with Gasteiger partial charge in [0.25, 0.3) is 0 Å². The van der Waals surface area contributed by atoms with Crippen molar-refractivity contribution in [2.45, 2.75) is 26.3 Å². The molecule has 2 aromatic carbocycles. The summed E-state index contributed by atoms with van der Waals surface area (Å²) in [5, 5.41) is 6.92. The summed E-state index contributed by atoms with van der Waals surface area (Å²) < 4.78 is 18.8. The van der Waals surface area contributed by atoms with Crippen molar-refractivity contribution in [2.75, 3.05) is 18.4 Å². The van der Waals surface area contributed by atoms with Crippen LogP contribution < -0.4 is 5.32 Å². The largest absolute Gasteiger partial charge is 0.338 e. The molecule has 0 radical (unpaired) electrons. The molecule has 0 saturated carbocycles. The van der Waals surface area contributed by atoms with Crippen LogP contribution in [0.5, 0.6) is 0 Å². The Morgan fingerprint density at radius 1 is 1.21 bits per heavy atom. The second-order valence-corrected chi connectivity index (χ2v) is 7.38. The van der Waals surface area contributed by atoms with Crippen LogP contribution in [0.25, 0.3) is 11.4 Å². The lowest BCUT2D eigenvalue weighted by atomic mass is 9.95. The number of hydrogen-bond acceptors (Lipinski definition) is 5. The van der Waals surface area contributed by atoms with Crippen LogP contribution in [0.15, 0.2) is 53.1 Å². The minimum Gasteiger partial charge on any atom is -0.338 e. The maximum Gasteiger partial charge on any atom is 0.241 e. The summed E-state index contributed by atoms with van der Waals surface area (Å²) in [5.41, 5.74) is 2.31. The normalized spacial score (nSPS) is 15.4. The number of nitrogens with one attached hydrogen (secondary N) is 1. The van der Waals surface area contributed by atoms with Gasteiger partial charge in [0.1, 0.15) is 5.82 Å². The van der Waals surface area contributed by atoms with Crippen molar-refractivity contribution in [1.29, 1.82) is 0 Å². The number of nitrogens with zero attached hydrogens (tertiary/aromatic N) is 3. The molecule has 1 amide bonds. The number of carbonyl (C=O) groups is 1. The third-order valence-electron chi connectivity index (χ3n) is 5.27. The fourth-order valence-electron chi connectivity index (χ4n) is 3.53. The molecule has 0 aliphatic carbocycles. The molecule has 1 saturated heterocycles. The first-order valence-corrected chi connectivity index (χ1v) is 9.76. The SMILES string of the molecule is Cc1ccc(F)cc1NC(=O)C1CCN(Cc2nc(-c3ccccc3)no2)CC1. The molecule has 3 aromatic rings. The fourth-order valence-corrected chi connectivity index (χ4v) is 3.53. The number of halogens is 1.